The molecule has 3 nitrogen and oxygen atoms in total. The van der Waals surface area contributed by atoms with Crippen molar-refractivity contribution >= 4 is 5.78 Å². The summed E-state index contributed by atoms with van der Waals surface area (Å²) in [7, 11) is 1.49. The summed E-state index contributed by atoms with van der Waals surface area (Å²) in [5, 5.41) is 0. The highest BCUT2D eigenvalue weighted by molar-refractivity contribution is 5.80. The van der Waals surface area contributed by atoms with Crippen LogP contribution in [0.2, 0.25) is 0 Å². The number of hydrogen-bond acceptors (Lipinski definition) is 3. The number of carbonyl (C=O) groups is 1. The lowest BCUT2D eigenvalue weighted by Gasteiger charge is -1.98. The van der Waals surface area contributed by atoms with Crippen molar-refractivity contribution in [1.82, 2.24) is 5.48 Å². The number of rotatable bonds is 6. The van der Waals surface area contributed by atoms with Gasteiger partial charge in [0.1, 0.15) is 5.78 Å². The molecule has 0 spiro atoms. The minimum atomic E-state index is 0.172. The fourth-order valence-electron chi connectivity index (χ4n) is 0.563. The minimum absolute atomic E-state index is 0.172. The summed E-state index contributed by atoms with van der Waals surface area (Å²) in [6.07, 6.45) is 2.28. The summed E-state index contributed by atoms with van der Waals surface area (Å²) in [5.74, 6) is 0.172. The molecule has 10 heavy (non-hydrogen) atoms. The zero-order valence-electron chi connectivity index (χ0n) is 6.35. The Kier molecular flexibility index (Phi) is 6.43. The molecule has 0 fully saturated rings. The molecule has 0 aromatic carbocycles. The number of unbranched alkanes of at least 4 members (excludes halogenated alkanes) is 1. The van der Waals surface area contributed by atoms with E-state index < -0.39 is 0 Å². The number of hydrogen-bond donors (Lipinski definition) is 1. The average Bonchev–Trinajstić information content (AvgIpc) is 1.97. The van der Waals surface area contributed by atoms with E-state index in [9.17, 15) is 4.79 Å². The second-order valence-electron chi connectivity index (χ2n) is 2.02. The van der Waals surface area contributed by atoms with E-state index >= 15 is 0 Å². The van der Waals surface area contributed by atoms with Gasteiger partial charge in [0.15, 0.2) is 0 Å². The lowest BCUT2D eigenvalue weighted by Crippen LogP contribution is -2.21. The maximum absolute atomic E-state index is 10.8. The zero-order valence-corrected chi connectivity index (χ0v) is 6.35. The first-order chi connectivity index (χ1) is 4.81. The Hall–Kier alpha value is -0.410. The van der Waals surface area contributed by atoms with Crippen LogP contribution in [0.5, 0.6) is 0 Å². The Morgan fingerprint density at radius 1 is 1.70 bits per heavy atom. The molecule has 0 aliphatic carbocycles. The van der Waals surface area contributed by atoms with Crippen molar-refractivity contribution in [1.29, 1.82) is 0 Å². The van der Waals surface area contributed by atoms with Crippen LogP contribution >= 0.6 is 0 Å². The summed E-state index contributed by atoms with van der Waals surface area (Å²) < 4.78 is 0. The summed E-state index contributed by atoms with van der Waals surface area (Å²) in [4.78, 5) is 15.3. The van der Waals surface area contributed by atoms with E-state index in [2.05, 4.69) is 17.2 Å². The van der Waals surface area contributed by atoms with Crippen LogP contribution in [0.15, 0.2) is 0 Å². The lowest BCUT2D eigenvalue weighted by atomic mass is 10.2. The van der Waals surface area contributed by atoms with Crippen LogP contribution in [0.4, 0.5) is 0 Å². The fourth-order valence-corrected chi connectivity index (χ4v) is 0.563. The zero-order chi connectivity index (χ0) is 7.82. The Bertz CT molecular complexity index is 83.6. The van der Waals surface area contributed by atoms with Crippen LogP contribution in [-0.2, 0) is 9.63 Å². The molecule has 0 bridgehead atoms. The molecule has 0 rings (SSSR count). The van der Waals surface area contributed by atoms with Gasteiger partial charge in [0.2, 0.25) is 0 Å². The molecule has 1 N–H and O–H groups in total. The molecule has 3 heteroatoms. The van der Waals surface area contributed by atoms with Gasteiger partial charge in [0.25, 0.3) is 0 Å². The predicted octanol–water partition coefficient (Wildman–Crippen LogP) is 0.711. The standard InChI is InChI=1S/C7H14NO2/c1-3-4-5-7(9)6-8-10-2/h8H,1,3-6H2,2H3. The van der Waals surface area contributed by atoms with Crippen molar-refractivity contribution in [2.24, 2.45) is 0 Å². The van der Waals surface area contributed by atoms with Gasteiger partial charge in [0, 0.05) is 6.42 Å². The van der Waals surface area contributed by atoms with E-state index in [0.29, 0.717) is 13.0 Å². The van der Waals surface area contributed by atoms with E-state index in [1.807, 2.05) is 0 Å². The highest BCUT2D eigenvalue weighted by atomic mass is 16.6. The van der Waals surface area contributed by atoms with Crippen molar-refractivity contribution in [2.75, 3.05) is 13.7 Å². The maximum Gasteiger partial charge on any atom is 0.148 e. The maximum atomic E-state index is 10.8. The van der Waals surface area contributed by atoms with Crippen molar-refractivity contribution in [3.8, 4) is 0 Å². The fraction of sp³-hybridized carbons (Fsp3) is 0.714. The largest absolute Gasteiger partial charge is 0.305 e. The summed E-state index contributed by atoms with van der Waals surface area (Å²) in [5.41, 5.74) is 2.49. The minimum Gasteiger partial charge on any atom is -0.305 e. The van der Waals surface area contributed by atoms with Gasteiger partial charge in [-0.2, -0.15) is 5.48 Å². The van der Waals surface area contributed by atoms with Crippen molar-refractivity contribution in [3.05, 3.63) is 6.92 Å². The molecule has 0 aliphatic heterocycles. The van der Waals surface area contributed by atoms with Gasteiger partial charge in [-0.1, -0.05) is 13.3 Å². The van der Waals surface area contributed by atoms with E-state index in [4.69, 9.17) is 0 Å². The van der Waals surface area contributed by atoms with Crippen molar-refractivity contribution < 1.29 is 9.63 Å². The SMILES string of the molecule is [CH2]CCCC(=O)CNOC. The number of ketones is 1. The van der Waals surface area contributed by atoms with Gasteiger partial charge < -0.3 is 4.84 Å². The topological polar surface area (TPSA) is 38.3 Å². The second kappa shape index (κ2) is 6.71. The van der Waals surface area contributed by atoms with Crippen molar-refractivity contribution in [3.63, 3.8) is 0 Å². The van der Waals surface area contributed by atoms with Gasteiger partial charge >= 0.3 is 0 Å². The monoisotopic (exact) mass is 144 g/mol. The van der Waals surface area contributed by atoms with Crippen LogP contribution < -0.4 is 5.48 Å². The van der Waals surface area contributed by atoms with Crippen LogP contribution in [-0.4, -0.2) is 19.4 Å². The summed E-state index contributed by atoms with van der Waals surface area (Å²) >= 11 is 0. The van der Waals surface area contributed by atoms with Gasteiger partial charge in [-0.25, -0.2) is 0 Å². The normalized spacial score (nSPS) is 9.80. The third-order valence-corrected chi connectivity index (χ3v) is 1.12. The molecule has 0 aliphatic rings. The summed E-state index contributed by atoms with van der Waals surface area (Å²) in [6.45, 7) is 3.94. The highest BCUT2D eigenvalue weighted by Gasteiger charge is 1.98. The first-order valence-electron chi connectivity index (χ1n) is 3.38. The Morgan fingerprint density at radius 2 is 2.40 bits per heavy atom. The van der Waals surface area contributed by atoms with Crippen molar-refractivity contribution in [2.45, 2.75) is 19.3 Å². The number of nitrogens with one attached hydrogen (secondary N) is 1. The molecular weight excluding hydrogens is 130 g/mol. The van der Waals surface area contributed by atoms with Gasteiger partial charge in [-0.15, -0.1) is 0 Å². The molecule has 0 heterocycles. The second-order valence-corrected chi connectivity index (χ2v) is 2.02. The molecule has 0 aromatic heterocycles. The number of hydroxylamine groups is 1. The molecule has 0 saturated heterocycles. The van der Waals surface area contributed by atoms with E-state index in [0.717, 1.165) is 12.8 Å². The van der Waals surface area contributed by atoms with E-state index in [1.54, 1.807) is 0 Å². The van der Waals surface area contributed by atoms with Crippen LogP contribution in [0.1, 0.15) is 19.3 Å². The molecule has 1 radical (unpaired) electrons. The third-order valence-electron chi connectivity index (χ3n) is 1.12. The summed E-state index contributed by atoms with van der Waals surface area (Å²) in [6, 6.07) is 0. The lowest BCUT2D eigenvalue weighted by molar-refractivity contribution is -0.120. The molecule has 0 atom stereocenters. The Morgan fingerprint density at radius 3 is 2.90 bits per heavy atom. The first kappa shape index (κ1) is 9.59. The van der Waals surface area contributed by atoms with E-state index in [1.165, 1.54) is 7.11 Å². The average molecular weight is 144 g/mol. The number of carbonyl (C=O) groups excluding carboxylic acids is 1. The smallest absolute Gasteiger partial charge is 0.148 e. The third kappa shape index (κ3) is 5.72. The molecule has 0 unspecified atom stereocenters. The van der Waals surface area contributed by atoms with Gasteiger partial charge in [-0.3, -0.25) is 4.79 Å². The molecule has 0 saturated carbocycles. The molecule has 0 amide bonds. The quantitative estimate of drug-likeness (QED) is 0.558. The van der Waals surface area contributed by atoms with Gasteiger partial charge in [0.05, 0.1) is 13.7 Å². The Labute approximate surface area is 61.7 Å². The molecular formula is C7H14NO2. The first-order valence-corrected chi connectivity index (χ1v) is 3.38. The Balaban J connectivity index is 3.09. The number of Topliss-reactive ketones (excluding diaryl/α,β-unsaturated/α-hetero) is 1. The van der Waals surface area contributed by atoms with Crippen LogP contribution in [0.25, 0.3) is 0 Å². The van der Waals surface area contributed by atoms with Crippen LogP contribution in [0, 0.1) is 6.92 Å². The predicted molar refractivity (Wildman–Crippen MR) is 39.2 cm³/mol. The van der Waals surface area contributed by atoms with Crippen LogP contribution in [0.3, 0.4) is 0 Å². The highest BCUT2D eigenvalue weighted by Crippen LogP contribution is 1.93. The molecule has 0 aromatic rings. The van der Waals surface area contributed by atoms with E-state index in [-0.39, 0.29) is 5.78 Å². The molecule has 59 valence electrons. The van der Waals surface area contributed by atoms with Gasteiger partial charge in [-0.05, 0) is 6.42 Å².